The molecule has 0 aromatic heterocycles. The smallest absolute Gasteiger partial charge is 0.456 e. The highest BCUT2D eigenvalue weighted by molar-refractivity contribution is 7.47. The van der Waals surface area contributed by atoms with Crippen LogP contribution in [0.5, 0.6) is 0 Å². The molecule has 2 N–H and O–H groups in total. The number of hydrogen-bond acceptors (Lipinski definition) is 6. The van der Waals surface area contributed by atoms with Gasteiger partial charge < -0.3 is 19.4 Å². The van der Waals surface area contributed by atoms with E-state index in [-0.39, 0.29) is 37.9 Å². The van der Waals surface area contributed by atoms with Crippen molar-refractivity contribution in [3.63, 3.8) is 0 Å². The van der Waals surface area contributed by atoms with Crippen molar-refractivity contribution in [2.45, 2.75) is 251 Å². The van der Waals surface area contributed by atoms with Gasteiger partial charge >= 0.3 is 13.8 Å². The number of allylic oxidation sites excluding steroid dienone is 13. The van der Waals surface area contributed by atoms with Crippen LogP contribution in [0.1, 0.15) is 239 Å². The molecule has 0 rings (SSSR count). The van der Waals surface area contributed by atoms with Gasteiger partial charge in [0.2, 0.25) is 5.91 Å². The van der Waals surface area contributed by atoms with Gasteiger partial charge in [0.25, 0.3) is 0 Å². The minimum absolute atomic E-state index is 0.0232. The van der Waals surface area contributed by atoms with E-state index in [9.17, 15) is 19.0 Å². The Kier molecular flexibility index (Phi) is 48.7. The molecule has 0 spiro atoms. The Morgan fingerprint density at radius 3 is 1.38 bits per heavy atom. The summed E-state index contributed by atoms with van der Waals surface area (Å²) in [6, 6.07) is -0.892. The lowest BCUT2D eigenvalue weighted by molar-refractivity contribution is -0.870. The number of likely N-dealkylation sites (N-methyl/N-ethyl adjacent to an activating group) is 1. The van der Waals surface area contributed by atoms with Crippen LogP contribution in [0.25, 0.3) is 0 Å². The molecule has 3 atom stereocenters. The fraction of sp³-hybridized carbons (Fsp3) is 0.738. The predicted octanol–water partition coefficient (Wildman–Crippen LogP) is 17.4. The molecule has 0 aliphatic rings. The third kappa shape index (κ3) is 51.9. The summed E-state index contributed by atoms with van der Waals surface area (Å²) in [5, 5.41) is 3.00. The third-order valence-corrected chi connectivity index (χ3v) is 13.3. The van der Waals surface area contributed by atoms with Gasteiger partial charge in [-0.2, -0.15) is 0 Å². The molecular formula is C61H110N2O7P+. The molecule has 10 heteroatoms. The van der Waals surface area contributed by atoms with Crippen molar-refractivity contribution in [3.8, 4) is 0 Å². The van der Waals surface area contributed by atoms with E-state index in [0.717, 1.165) is 83.5 Å². The van der Waals surface area contributed by atoms with Gasteiger partial charge in [-0.05, 0) is 89.5 Å². The number of amides is 1. The highest BCUT2D eigenvalue weighted by Crippen LogP contribution is 2.43. The molecule has 0 bridgehead atoms. The quantitative estimate of drug-likeness (QED) is 0.0205. The summed E-state index contributed by atoms with van der Waals surface area (Å²) in [6.07, 6.45) is 66.0. The number of ether oxygens (including phenoxy) is 1. The molecule has 0 aromatic rings. The maximum atomic E-state index is 13.5. The van der Waals surface area contributed by atoms with E-state index < -0.39 is 20.0 Å². The highest BCUT2D eigenvalue weighted by Gasteiger charge is 2.30. The molecular weight excluding hydrogens is 904 g/mol. The second-order valence-corrected chi connectivity index (χ2v) is 21.9. The number of phosphoric ester groups is 1. The summed E-state index contributed by atoms with van der Waals surface area (Å²) >= 11 is 0. The van der Waals surface area contributed by atoms with Crippen LogP contribution >= 0.6 is 7.82 Å². The first-order chi connectivity index (χ1) is 34.4. The summed E-state index contributed by atoms with van der Waals surface area (Å²) in [6.45, 7) is 6.82. The molecule has 9 nitrogen and oxygen atoms in total. The summed E-state index contributed by atoms with van der Waals surface area (Å²) in [5.74, 6) is -0.609. The fourth-order valence-electron chi connectivity index (χ4n) is 7.86. The normalized spacial score (nSPS) is 14.4. The summed E-state index contributed by atoms with van der Waals surface area (Å²) < 4.78 is 30.6. The van der Waals surface area contributed by atoms with Crippen molar-refractivity contribution >= 4 is 19.7 Å². The lowest BCUT2D eigenvalue weighted by Gasteiger charge is -2.27. The number of rotatable bonds is 51. The average molecular weight is 1010 g/mol. The van der Waals surface area contributed by atoms with Crippen molar-refractivity contribution in [3.05, 3.63) is 85.1 Å². The first-order valence-electron chi connectivity index (χ1n) is 28.9. The molecule has 0 aliphatic carbocycles. The Bertz CT molecular complexity index is 1490. The molecule has 0 aliphatic heterocycles. The molecule has 0 aromatic carbocycles. The number of unbranched alkanes of at least 4 members (excludes halogenated alkanes) is 23. The molecule has 71 heavy (non-hydrogen) atoms. The Balaban J connectivity index is 5.45. The van der Waals surface area contributed by atoms with Gasteiger partial charge in [0.15, 0.2) is 0 Å². The molecule has 0 saturated heterocycles. The minimum Gasteiger partial charge on any atom is -0.456 e. The van der Waals surface area contributed by atoms with Crippen LogP contribution in [0.2, 0.25) is 0 Å². The molecule has 3 unspecified atom stereocenters. The summed E-state index contributed by atoms with van der Waals surface area (Å²) in [7, 11) is 1.44. The van der Waals surface area contributed by atoms with Gasteiger partial charge in [0.05, 0.1) is 33.8 Å². The zero-order valence-electron chi connectivity index (χ0n) is 46.7. The monoisotopic (exact) mass is 1010 g/mol. The largest absolute Gasteiger partial charge is 0.472 e. The van der Waals surface area contributed by atoms with E-state index in [1.807, 2.05) is 45.4 Å². The Hall–Kier alpha value is -2.81. The Morgan fingerprint density at radius 1 is 0.507 bits per heavy atom. The van der Waals surface area contributed by atoms with Crippen LogP contribution in [-0.2, 0) is 27.9 Å². The van der Waals surface area contributed by atoms with Crippen LogP contribution in [0, 0.1) is 0 Å². The number of quaternary nitrogens is 1. The van der Waals surface area contributed by atoms with Crippen LogP contribution in [0.4, 0.5) is 0 Å². The first kappa shape index (κ1) is 68.2. The molecule has 0 fully saturated rings. The SMILES string of the molecule is CC/C=C/C/C=C/C/C=C/C/C=C/C/C=C/CCC(=O)NC(COP(=O)(O)OCC[N+](C)(C)C)C(/C=C/CCCCCCCCCCCC)OC(=O)CCCCCCCCC/C=C/CCCCCCCC. The van der Waals surface area contributed by atoms with E-state index in [4.69, 9.17) is 13.8 Å². The van der Waals surface area contributed by atoms with Crippen molar-refractivity contribution in [1.29, 1.82) is 0 Å². The molecule has 0 radical (unpaired) electrons. The van der Waals surface area contributed by atoms with Crippen molar-refractivity contribution in [1.82, 2.24) is 5.32 Å². The zero-order valence-corrected chi connectivity index (χ0v) is 47.6. The highest BCUT2D eigenvalue weighted by atomic mass is 31.2. The Morgan fingerprint density at radius 2 is 0.915 bits per heavy atom. The molecule has 410 valence electrons. The van der Waals surface area contributed by atoms with Crippen molar-refractivity contribution < 1.29 is 37.3 Å². The molecule has 0 heterocycles. The topological polar surface area (TPSA) is 111 Å². The van der Waals surface area contributed by atoms with E-state index in [2.05, 4.69) is 86.8 Å². The zero-order chi connectivity index (χ0) is 52.2. The number of phosphoric acid groups is 1. The maximum Gasteiger partial charge on any atom is 0.472 e. The van der Waals surface area contributed by atoms with Gasteiger partial charge in [-0.3, -0.25) is 18.6 Å². The number of carbonyl (C=O) groups excluding carboxylic acids is 2. The van der Waals surface area contributed by atoms with Crippen LogP contribution in [0.15, 0.2) is 85.1 Å². The van der Waals surface area contributed by atoms with Gasteiger partial charge in [0, 0.05) is 12.8 Å². The van der Waals surface area contributed by atoms with E-state index >= 15 is 0 Å². The number of esters is 1. The van der Waals surface area contributed by atoms with Crippen molar-refractivity contribution in [2.24, 2.45) is 0 Å². The average Bonchev–Trinajstić information content (AvgIpc) is 3.33. The third-order valence-electron chi connectivity index (χ3n) is 12.3. The summed E-state index contributed by atoms with van der Waals surface area (Å²) in [5.41, 5.74) is 0. The van der Waals surface area contributed by atoms with Crippen molar-refractivity contribution in [2.75, 3.05) is 40.9 Å². The minimum atomic E-state index is -4.47. The molecule has 0 saturated carbocycles. The standard InChI is InChI=1S/C61H109N2O7P/c1-7-10-13-16-19-22-25-28-30-32-34-36-39-42-45-48-51-54-61(65)70-59(52-49-46-43-40-37-27-24-21-18-15-12-9-3)58(57-69-71(66,67)68-56-55-63(4,5)6)62-60(64)53-50-47-44-41-38-35-33-31-29-26-23-20-17-14-11-8-2/h11,14,20,23,28-31,35,38,44,47,49,52,58-59H,7-10,12-13,15-19,21-22,24-27,32-34,36-37,39-43,45-46,48,50-51,53-57H2,1-6H3,(H-,62,64,66,67)/p+1/b14-11+,23-20+,30-28+,31-29+,38-35+,47-44+,52-49+. The number of nitrogens with one attached hydrogen (secondary N) is 1. The Labute approximate surface area is 437 Å². The first-order valence-corrected chi connectivity index (χ1v) is 30.4. The molecule has 1 amide bonds. The van der Waals surface area contributed by atoms with Gasteiger partial charge in [-0.25, -0.2) is 4.57 Å². The number of nitrogens with zero attached hydrogens (tertiary/aromatic N) is 1. The number of hydrogen-bond donors (Lipinski definition) is 2. The van der Waals surface area contributed by atoms with Crippen LogP contribution < -0.4 is 5.32 Å². The van der Waals surface area contributed by atoms with Gasteiger partial charge in [0.1, 0.15) is 19.3 Å². The summed E-state index contributed by atoms with van der Waals surface area (Å²) in [4.78, 5) is 37.5. The lowest BCUT2D eigenvalue weighted by Crippen LogP contribution is -2.47. The number of carbonyl (C=O) groups is 2. The second kappa shape index (κ2) is 50.7. The fourth-order valence-corrected chi connectivity index (χ4v) is 8.60. The van der Waals surface area contributed by atoms with Gasteiger partial charge in [-0.15, -0.1) is 0 Å². The predicted molar refractivity (Wildman–Crippen MR) is 304 cm³/mol. The van der Waals surface area contributed by atoms with Gasteiger partial charge in [-0.1, -0.05) is 222 Å². The second-order valence-electron chi connectivity index (χ2n) is 20.4. The van der Waals surface area contributed by atoms with Crippen LogP contribution in [-0.4, -0.2) is 74.3 Å². The van der Waals surface area contributed by atoms with E-state index in [1.54, 1.807) is 0 Å². The van der Waals surface area contributed by atoms with E-state index in [1.165, 1.54) is 116 Å². The maximum absolute atomic E-state index is 13.5. The van der Waals surface area contributed by atoms with Crippen LogP contribution in [0.3, 0.4) is 0 Å². The van der Waals surface area contributed by atoms with E-state index in [0.29, 0.717) is 17.4 Å². The lowest BCUT2D eigenvalue weighted by atomic mass is 10.1.